The molecular weight excluding hydrogens is 447 g/mol. The number of nitrogens with one attached hydrogen (secondary N) is 2. The third-order valence-corrected chi connectivity index (χ3v) is 6.65. The van der Waals surface area contributed by atoms with Crippen LogP contribution in [0.2, 0.25) is 5.02 Å². The number of amides is 1. The topological polar surface area (TPSA) is 75.3 Å². The van der Waals surface area contributed by atoms with Crippen molar-refractivity contribution in [3.05, 3.63) is 88.7 Å². The molecule has 0 saturated carbocycles. The van der Waals surface area contributed by atoms with Crippen molar-refractivity contribution in [3.8, 4) is 0 Å². The molecule has 0 saturated heterocycles. The first-order valence-electron chi connectivity index (χ1n) is 8.77. The predicted molar refractivity (Wildman–Crippen MR) is 118 cm³/mol. The number of hydrogen-bond donors (Lipinski definition) is 2. The van der Waals surface area contributed by atoms with E-state index in [4.69, 9.17) is 11.6 Å². The molecule has 3 aromatic rings. The van der Waals surface area contributed by atoms with Gasteiger partial charge in [0.15, 0.2) is 0 Å². The lowest BCUT2D eigenvalue weighted by molar-refractivity contribution is 0.0951. The quantitative estimate of drug-likeness (QED) is 0.486. The average molecular weight is 465 g/mol. The molecule has 0 aromatic heterocycles. The summed E-state index contributed by atoms with van der Waals surface area (Å²) in [6.45, 7) is 0.272. The molecule has 156 valence electrons. The zero-order chi connectivity index (χ0) is 21.7. The summed E-state index contributed by atoms with van der Waals surface area (Å²) in [5, 5.41) is 2.87. The van der Waals surface area contributed by atoms with Crippen LogP contribution in [-0.4, -0.2) is 20.6 Å². The van der Waals surface area contributed by atoms with Crippen LogP contribution in [0.15, 0.2) is 76.5 Å². The van der Waals surface area contributed by atoms with Gasteiger partial charge < -0.3 is 5.32 Å². The van der Waals surface area contributed by atoms with Crippen LogP contribution in [0.25, 0.3) is 0 Å². The standard InChI is InChI=1S/C21H18ClFN2O3S2/c1-29-17-8-2-14(3-9-17)13-24-21(26)19-12-18(10-11-20(19)22)30(27,28)25-16-6-4-15(23)5-7-16/h2-12,25H,13H2,1H3,(H,24,26). The van der Waals surface area contributed by atoms with E-state index in [-0.39, 0.29) is 27.7 Å². The van der Waals surface area contributed by atoms with E-state index in [1.807, 2.05) is 30.5 Å². The Bertz CT molecular complexity index is 1150. The number of thioether (sulfide) groups is 1. The minimum atomic E-state index is -3.99. The minimum Gasteiger partial charge on any atom is -0.348 e. The molecule has 9 heteroatoms. The molecule has 1 amide bonds. The number of carbonyl (C=O) groups is 1. The van der Waals surface area contributed by atoms with Crippen LogP contribution >= 0.6 is 23.4 Å². The molecule has 0 spiro atoms. The van der Waals surface area contributed by atoms with Gasteiger partial charge in [0, 0.05) is 17.1 Å². The molecule has 30 heavy (non-hydrogen) atoms. The summed E-state index contributed by atoms with van der Waals surface area (Å²) < 4.78 is 40.6. The fourth-order valence-electron chi connectivity index (χ4n) is 2.60. The van der Waals surface area contributed by atoms with Gasteiger partial charge >= 0.3 is 0 Å². The molecule has 0 aliphatic rings. The first-order chi connectivity index (χ1) is 14.3. The largest absolute Gasteiger partial charge is 0.348 e. The summed E-state index contributed by atoms with van der Waals surface area (Å²) in [6.07, 6.45) is 1.98. The number of hydrogen-bond acceptors (Lipinski definition) is 4. The van der Waals surface area contributed by atoms with E-state index in [1.54, 1.807) is 11.8 Å². The highest BCUT2D eigenvalue weighted by molar-refractivity contribution is 7.98. The van der Waals surface area contributed by atoms with E-state index in [1.165, 1.54) is 30.3 Å². The predicted octanol–water partition coefficient (Wildman–Crippen LogP) is 4.93. The number of carbonyl (C=O) groups excluding carboxylic acids is 1. The summed E-state index contributed by atoms with van der Waals surface area (Å²) in [4.78, 5) is 13.6. The van der Waals surface area contributed by atoms with E-state index in [2.05, 4.69) is 10.0 Å². The lowest BCUT2D eigenvalue weighted by Gasteiger charge is -2.11. The Morgan fingerprint density at radius 2 is 1.70 bits per heavy atom. The first-order valence-corrected chi connectivity index (χ1v) is 11.9. The molecular formula is C21H18ClFN2O3S2. The Morgan fingerprint density at radius 3 is 2.33 bits per heavy atom. The molecule has 0 radical (unpaired) electrons. The van der Waals surface area contributed by atoms with E-state index >= 15 is 0 Å². The molecule has 0 bridgehead atoms. The number of rotatable bonds is 7. The van der Waals surface area contributed by atoms with Gasteiger partial charge in [0.25, 0.3) is 15.9 Å². The Morgan fingerprint density at radius 1 is 1.03 bits per heavy atom. The fourth-order valence-corrected chi connectivity index (χ4v) is 4.29. The van der Waals surface area contributed by atoms with Crippen molar-refractivity contribution in [1.29, 1.82) is 0 Å². The van der Waals surface area contributed by atoms with Crippen LogP contribution in [0.3, 0.4) is 0 Å². The average Bonchev–Trinajstić information content (AvgIpc) is 2.74. The second kappa shape index (κ2) is 9.51. The highest BCUT2D eigenvalue weighted by atomic mass is 35.5. The Kier molecular flexibility index (Phi) is 7.02. The van der Waals surface area contributed by atoms with E-state index in [0.29, 0.717) is 0 Å². The van der Waals surface area contributed by atoms with Crippen molar-refractivity contribution in [2.24, 2.45) is 0 Å². The Labute approximate surface area is 183 Å². The summed E-state index contributed by atoms with van der Waals surface area (Å²) in [5.41, 5.74) is 1.14. The molecule has 0 unspecified atom stereocenters. The molecule has 0 heterocycles. The van der Waals surface area contributed by atoms with Gasteiger partial charge in [0.05, 0.1) is 15.5 Å². The van der Waals surface area contributed by atoms with Crippen molar-refractivity contribution >= 4 is 45.0 Å². The van der Waals surface area contributed by atoms with Gasteiger partial charge in [-0.25, -0.2) is 12.8 Å². The maximum atomic E-state index is 13.0. The number of sulfonamides is 1. The summed E-state index contributed by atoms with van der Waals surface area (Å²) in [5.74, 6) is -0.973. The smallest absolute Gasteiger partial charge is 0.261 e. The second-order valence-electron chi connectivity index (χ2n) is 6.28. The van der Waals surface area contributed by atoms with Gasteiger partial charge in [-0.3, -0.25) is 9.52 Å². The maximum Gasteiger partial charge on any atom is 0.261 e. The molecule has 2 N–H and O–H groups in total. The second-order valence-corrected chi connectivity index (χ2v) is 9.25. The van der Waals surface area contributed by atoms with Crippen molar-refractivity contribution in [2.75, 3.05) is 11.0 Å². The monoisotopic (exact) mass is 464 g/mol. The molecule has 0 aliphatic carbocycles. The lowest BCUT2D eigenvalue weighted by Crippen LogP contribution is -2.23. The number of benzene rings is 3. The molecule has 0 fully saturated rings. The fraction of sp³-hybridized carbons (Fsp3) is 0.0952. The van der Waals surface area contributed by atoms with Crippen molar-refractivity contribution in [2.45, 2.75) is 16.3 Å². The summed E-state index contributed by atoms with van der Waals surface area (Å²) in [6, 6.07) is 16.5. The number of halogens is 2. The van der Waals surface area contributed by atoms with Crippen molar-refractivity contribution in [1.82, 2.24) is 5.32 Å². The van der Waals surface area contributed by atoms with E-state index in [9.17, 15) is 17.6 Å². The molecule has 3 rings (SSSR count). The van der Waals surface area contributed by atoms with Gasteiger partial charge in [-0.2, -0.15) is 0 Å². The molecule has 0 atom stereocenters. The SMILES string of the molecule is CSc1ccc(CNC(=O)c2cc(S(=O)(=O)Nc3ccc(F)cc3)ccc2Cl)cc1. The van der Waals surface area contributed by atoms with Crippen LogP contribution in [0.1, 0.15) is 15.9 Å². The van der Waals surface area contributed by atoms with Crippen molar-refractivity contribution < 1.29 is 17.6 Å². The summed E-state index contributed by atoms with van der Waals surface area (Å²) >= 11 is 7.74. The minimum absolute atomic E-state index is 0.0411. The van der Waals surface area contributed by atoms with Gasteiger partial charge in [-0.15, -0.1) is 11.8 Å². The Hall–Kier alpha value is -2.55. The lowest BCUT2D eigenvalue weighted by atomic mass is 10.2. The zero-order valence-electron chi connectivity index (χ0n) is 15.9. The maximum absolute atomic E-state index is 13.0. The summed E-state index contributed by atoms with van der Waals surface area (Å²) in [7, 11) is -3.99. The number of anilines is 1. The van der Waals surface area contributed by atoms with Crippen LogP contribution < -0.4 is 10.0 Å². The molecule has 0 aliphatic heterocycles. The normalized spacial score (nSPS) is 11.2. The van der Waals surface area contributed by atoms with Crippen LogP contribution in [0.5, 0.6) is 0 Å². The van der Waals surface area contributed by atoms with Crippen LogP contribution in [0, 0.1) is 5.82 Å². The Balaban J connectivity index is 1.76. The van der Waals surface area contributed by atoms with Gasteiger partial charge in [-0.1, -0.05) is 23.7 Å². The molecule has 3 aromatic carbocycles. The zero-order valence-corrected chi connectivity index (χ0v) is 18.2. The van der Waals surface area contributed by atoms with Crippen LogP contribution in [-0.2, 0) is 16.6 Å². The third-order valence-electron chi connectivity index (χ3n) is 4.20. The van der Waals surface area contributed by atoms with Crippen molar-refractivity contribution in [3.63, 3.8) is 0 Å². The van der Waals surface area contributed by atoms with Gasteiger partial charge in [0.2, 0.25) is 0 Å². The molecule has 5 nitrogen and oxygen atoms in total. The highest BCUT2D eigenvalue weighted by Gasteiger charge is 2.19. The highest BCUT2D eigenvalue weighted by Crippen LogP contribution is 2.23. The third kappa shape index (κ3) is 5.53. The van der Waals surface area contributed by atoms with E-state index < -0.39 is 21.7 Å². The van der Waals surface area contributed by atoms with Gasteiger partial charge in [0.1, 0.15) is 5.82 Å². The van der Waals surface area contributed by atoms with E-state index in [0.717, 1.165) is 22.6 Å². The first kappa shape index (κ1) is 22.1. The van der Waals surface area contributed by atoms with Crippen LogP contribution in [0.4, 0.5) is 10.1 Å². The van der Waals surface area contributed by atoms with Gasteiger partial charge in [-0.05, 0) is 66.4 Å².